The van der Waals surface area contributed by atoms with Crippen LogP contribution in [0.25, 0.3) is 0 Å². The third kappa shape index (κ3) is 3.77. The molecule has 0 spiro atoms. The topological polar surface area (TPSA) is 9.23 Å². The molecule has 0 aromatic heterocycles. The predicted molar refractivity (Wildman–Crippen MR) is 85.4 cm³/mol. The van der Waals surface area contributed by atoms with Crippen LogP contribution in [0.15, 0.2) is 45.5 Å². The number of hydrogen-bond donors (Lipinski definition) is 0. The maximum atomic E-state index is 5.51. The average molecular weight is 350 g/mol. The summed E-state index contributed by atoms with van der Waals surface area (Å²) in [7, 11) is 0.152. The quantitative estimate of drug-likeness (QED) is 0.755. The number of ether oxygens (including phenoxy) is 1. The molecule has 0 N–H and O–H groups in total. The summed E-state index contributed by atoms with van der Waals surface area (Å²) in [5, 5.41) is 2.95. The number of halogens is 2. The minimum absolute atomic E-state index is 0. The van der Waals surface area contributed by atoms with Crippen LogP contribution >= 0.6 is 24.8 Å². The van der Waals surface area contributed by atoms with Gasteiger partial charge in [0.15, 0.2) is 0 Å². The van der Waals surface area contributed by atoms with Gasteiger partial charge in [-0.25, -0.2) is 0 Å². The third-order valence-corrected chi connectivity index (χ3v) is 8.09. The fraction of sp³-hybridized carbons (Fsp3) is 0.286. The van der Waals surface area contributed by atoms with Gasteiger partial charge in [-0.05, 0) is 0 Å². The van der Waals surface area contributed by atoms with E-state index in [2.05, 4.69) is 63.9 Å². The van der Waals surface area contributed by atoms with Crippen molar-refractivity contribution in [3.63, 3.8) is 0 Å². The van der Waals surface area contributed by atoms with Gasteiger partial charge >= 0.3 is 116 Å². The van der Waals surface area contributed by atoms with Gasteiger partial charge in [-0.2, -0.15) is 0 Å². The molecule has 0 saturated heterocycles. The monoisotopic (exact) mass is 349 g/mol. The van der Waals surface area contributed by atoms with E-state index >= 15 is 0 Å². The summed E-state index contributed by atoms with van der Waals surface area (Å²) in [6, 6.07) is 8.44. The fourth-order valence-electron chi connectivity index (χ4n) is 2.40. The number of rotatable bonds is 3. The summed E-state index contributed by atoms with van der Waals surface area (Å²) in [6.45, 7) is 4.80. The van der Waals surface area contributed by atoms with Crippen molar-refractivity contribution in [2.24, 2.45) is 0 Å². The number of hydrogen-bond acceptors (Lipinski definition) is 1. The molecule has 0 unspecified atom stereocenters. The average Bonchev–Trinajstić information content (AvgIpc) is 2.76. The van der Waals surface area contributed by atoms with Gasteiger partial charge in [0, 0.05) is 0 Å². The molecule has 2 rings (SSSR count). The van der Waals surface area contributed by atoms with E-state index in [1.165, 1.54) is 9.06 Å². The van der Waals surface area contributed by atoms with Crippen molar-refractivity contribution in [2.75, 3.05) is 7.11 Å². The van der Waals surface area contributed by atoms with Gasteiger partial charge in [0.1, 0.15) is 0 Å². The molecule has 0 amide bonds. The molecule has 19 heavy (non-hydrogen) atoms. The maximum Gasteiger partial charge on any atom is -0.147 e. The molecule has 1 aliphatic rings. The first-order chi connectivity index (χ1) is 8.07. The first-order valence-electron chi connectivity index (χ1n) is 5.82. The molecule has 0 radical (unpaired) electrons. The predicted octanol–water partition coefficient (Wildman–Crippen LogP) is 3.75. The van der Waals surface area contributed by atoms with Crippen LogP contribution in [0.2, 0.25) is 13.1 Å². The fourth-order valence-corrected chi connectivity index (χ4v) is 7.17. The molecule has 0 bridgehead atoms. The SMILES string of the molecule is COc1ccccc1[Si](C)(C)C1=[C]([Ti])CC=C1.Cl.Cl. The second kappa shape index (κ2) is 7.70. The molecular formula is C14H19Cl2OSiTi. The summed E-state index contributed by atoms with van der Waals surface area (Å²) in [5.41, 5.74) is 0. The van der Waals surface area contributed by atoms with E-state index in [9.17, 15) is 0 Å². The number of para-hydroxylation sites is 1. The van der Waals surface area contributed by atoms with Crippen LogP contribution in [0.5, 0.6) is 5.75 Å². The number of methoxy groups -OCH3 is 1. The second-order valence-corrected chi connectivity index (χ2v) is 10.1. The summed E-state index contributed by atoms with van der Waals surface area (Å²) >= 11 is 2.25. The molecule has 0 saturated carbocycles. The largest absolute Gasteiger partial charge is 0.147 e. The van der Waals surface area contributed by atoms with Gasteiger partial charge in [-0.15, -0.1) is 24.8 Å². The summed E-state index contributed by atoms with van der Waals surface area (Å²) in [4.78, 5) is 0. The summed E-state index contributed by atoms with van der Waals surface area (Å²) in [6.07, 6.45) is 5.70. The number of allylic oxidation sites excluding steroid dienone is 4. The van der Waals surface area contributed by atoms with Crippen LogP contribution in [0.4, 0.5) is 0 Å². The van der Waals surface area contributed by atoms with Crippen molar-refractivity contribution < 1.29 is 25.2 Å². The first-order valence-corrected chi connectivity index (χ1v) is 9.60. The molecule has 0 aliphatic heterocycles. The van der Waals surface area contributed by atoms with Crippen molar-refractivity contribution in [3.8, 4) is 5.75 Å². The van der Waals surface area contributed by atoms with Crippen LogP contribution in [0, 0.1) is 0 Å². The van der Waals surface area contributed by atoms with Crippen molar-refractivity contribution in [1.29, 1.82) is 0 Å². The standard InChI is InChI=1S/C14H17OSi.2ClH.Ti/c1-15-13-10-6-7-11-14(13)16(2,3)12-8-4-5-9-12;;;/h4,6-8,10-11H,5H2,1-3H3;2*1H;. The van der Waals surface area contributed by atoms with Gasteiger partial charge in [0.2, 0.25) is 0 Å². The van der Waals surface area contributed by atoms with E-state index in [0.717, 1.165) is 12.2 Å². The van der Waals surface area contributed by atoms with E-state index in [1.54, 1.807) is 12.3 Å². The normalized spacial score (nSPS) is 13.8. The first kappa shape index (κ1) is 19.0. The van der Waals surface area contributed by atoms with Gasteiger partial charge < -0.3 is 0 Å². The molecule has 1 aliphatic carbocycles. The number of benzene rings is 1. The molecule has 5 heteroatoms. The second-order valence-electron chi connectivity index (χ2n) is 4.82. The Bertz CT molecular complexity index is 498. The van der Waals surface area contributed by atoms with Crippen LogP contribution in [0.3, 0.4) is 0 Å². The molecule has 1 aromatic rings. The molecule has 103 valence electrons. The van der Waals surface area contributed by atoms with E-state index in [1.807, 2.05) is 6.07 Å². The van der Waals surface area contributed by atoms with Crippen molar-refractivity contribution in [3.05, 3.63) is 45.5 Å². The van der Waals surface area contributed by atoms with E-state index in [-0.39, 0.29) is 24.8 Å². The van der Waals surface area contributed by atoms with Crippen LogP contribution in [-0.4, -0.2) is 15.2 Å². The van der Waals surface area contributed by atoms with Gasteiger partial charge in [0.25, 0.3) is 0 Å². The Morgan fingerprint density at radius 1 is 1.16 bits per heavy atom. The van der Waals surface area contributed by atoms with E-state index in [4.69, 9.17) is 4.74 Å². The zero-order valence-electron chi connectivity index (χ0n) is 11.4. The molecule has 0 atom stereocenters. The Labute approximate surface area is 140 Å². The third-order valence-electron chi connectivity index (χ3n) is 3.39. The Balaban J connectivity index is 0.00000162. The summed E-state index contributed by atoms with van der Waals surface area (Å²) < 4.78 is 7.04. The van der Waals surface area contributed by atoms with Crippen LogP contribution < -0.4 is 9.92 Å². The molecule has 1 nitrogen and oxygen atoms in total. The molecule has 1 aromatic carbocycles. The Morgan fingerprint density at radius 3 is 2.32 bits per heavy atom. The smallest absolute Gasteiger partial charge is 0.147 e. The van der Waals surface area contributed by atoms with Crippen LogP contribution in [0.1, 0.15) is 6.42 Å². The Hall–Kier alpha value is 0.0112. The van der Waals surface area contributed by atoms with Crippen molar-refractivity contribution in [2.45, 2.75) is 19.5 Å². The van der Waals surface area contributed by atoms with Gasteiger partial charge in [0.05, 0.1) is 0 Å². The Morgan fingerprint density at radius 2 is 1.79 bits per heavy atom. The summed E-state index contributed by atoms with van der Waals surface area (Å²) in [5.74, 6) is 1.03. The van der Waals surface area contributed by atoms with Crippen LogP contribution in [-0.2, 0) is 20.4 Å². The zero-order valence-corrected chi connectivity index (χ0v) is 15.6. The van der Waals surface area contributed by atoms with Crippen molar-refractivity contribution >= 4 is 38.1 Å². The Kier molecular flexibility index (Phi) is 7.71. The van der Waals surface area contributed by atoms with Crippen molar-refractivity contribution in [1.82, 2.24) is 0 Å². The van der Waals surface area contributed by atoms with Gasteiger partial charge in [-0.3, -0.25) is 0 Å². The molecular weight excluding hydrogens is 331 g/mol. The molecule has 0 heterocycles. The molecule has 0 fully saturated rings. The zero-order chi connectivity index (χ0) is 12.5. The van der Waals surface area contributed by atoms with Gasteiger partial charge in [-0.1, -0.05) is 0 Å². The minimum atomic E-state index is -1.61. The van der Waals surface area contributed by atoms with E-state index in [0.29, 0.717) is 0 Å². The minimum Gasteiger partial charge on any atom is -0.147 e. The maximum absolute atomic E-state index is 5.51. The van der Waals surface area contributed by atoms with E-state index < -0.39 is 8.07 Å².